The number of aliphatic hydroxyl groups is 1. The second-order valence-corrected chi connectivity index (χ2v) is 10.7. The lowest BCUT2D eigenvalue weighted by molar-refractivity contribution is -0.00860. The normalized spacial score (nSPS) is 21.9. The number of aliphatic hydroxyl groups excluding tert-OH is 1. The van der Waals surface area contributed by atoms with Gasteiger partial charge in [-0.3, -0.25) is 4.90 Å². The zero-order chi connectivity index (χ0) is 27.7. The van der Waals surface area contributed by atoms with Gasteiger partial charge < -0.3 is 25.0 Å². The van der Waals surface area contributed by atoms with Crippen molar-refractivity contribution >= 4 is 40.3 Å². The predicted octanol–water partition coefficient (Wildman–Crippen LogP) is 3.82. The molecule has 2 aliphatic heterocycles. The van der Waals surface area contributed by atoms with Crippen LogP contribution in [-0.4, -0.2) is 87.8 Å². The molecule has 5 rings (SSSR count). The van der Waals surface area contributed by atoms with Crippen LogP contribution in [0.2, 0.25) is 0 Å². The van der Waals surface area contributed by atoms with Crippen molar-refractivity contribution < 1.29 is 19.0 Å². The van der Waals surface area contributed by atoms with Gasteiger partial charge in [0.2, 0.25) is 5.95 Å². The molecular weight excluding hydrogens is 503 g/mol. The molecule has 12 heteroatoms. The van der Waals surface area contributed by atoms with E-state index in [1.54, 1.807) is 28.3 Å². The minimum absolute atomic E-state index is 0.0171. The second-order valence-electron chi connectivity index (χ2n) is 10.7. The topological polar surface area (TPSA) is 120 Å². The van der Waals surface area contributed by atoms with Crippen LogP contribution in [0.5, 0.6) is 0 Å². The van der Waals surface area contributed by atoms with E-state index in [0.717, 1.165) is 35.1 Å². The highest BCUT2D eigenvalue weighted by molar-refractivity contribution is 5.96. The number of piperidine rings is 1. The number of methoxy groups -OCH3 is 1. The maximum atomic E-state index is 14.7. The highest BCUT2D eigenvalue weighted by Gasteiger charge is 2.39. The summed E-state index contributed by atoms with van der Waals surface area (Å²) in [6.45, 7) is 7.93. The van der Waals surface area contributed by atoms with E-state index in [1.165, 1.54) is 14.0 Å². The van der Waals surface area contributed by atoms with Gasteiger partial charge in [-0.05, 0) is 48.8 Å². The fraction of sp³-hybridized carbons (Fsp3) is 0.519. The molecule has 1 amide bonds. The number of alkyl halides is 1. The molecule has 11 nitrogen and oxygen atoms in total. The lowest BCUT2D eigenvalue weighted by Gasteiger charge is -2.38. The first-order chi connectivity index (χ1) is 18.7. The first kappa shape index (κ1) is 26.8. The minimum Gasteiger partial charge on any atom is -0.453 e. The molecule has 3 aromatic heterocycles. The Labute approximate surface area is 227 Å². The maximum absolute atomic E-state index is 14.7. The fourth-order valence-corrected chi connectivity index (χ4v) is 5.18. The van der Waals surface area contributed by atoms with E-state index in [4.69, 9.17) is 9.72 Å². The Bertz CT molecular complexity index is 1350. The number of carbonyl (C=O) groups is 1. The van der Waals surface area contributed by atoms with E-state index in [2.05, 4.69) is 39.0 Å². The van der Waals surface area contributed by atoms with Gasteiger partial charge in [0.15, 0.2) is 5.67 Å². The van der Waals surface area contributed by atoms with Crippen LogP contribution < -0.4 is 15.1 Å². The van der Waals surface area contributed by atoms with Crippen LogP contribution in [0.1, 0.15) is 45.1 Å². The van der Waals surface area contributed by atoms with Crippen LogP contribution in [0.4, 0.5) is 32.6 Å². The minimum atomic E-state index is -1.73. The van der Waals surface area contributed by atoms with Gasteiger partial charge in [0.05, 0.1) is 26.4 Å². The van der Waals surface area contributed by atoms with E-state index < -0.39 is 11.8 Å². The summed E-state index contributed by atoms with van der Waals surface area (Å²) in [4.78, 5) is 36.0. The number of hydrogen-bond acceptors (Lipinski definition) is 10. The number of aromatic nitrogens is 4. The Morgan fingerprint density at radius 1 is 1.15 bits per heavy atom. The molecule has 0 aliphatic carbocycles. The number of ether oxygens (including phenoxy) is 1. The Balaban J connectivity index is 1.43. The number of rotatable bonds is 5. The first-order valence-corrected chi connectivity index (χ1v) is 13.2. The third-order valence-corrected chi connectivity index (χ3v) is 7.38. The number of amides is 1. The van der Waals surface area contributed by atoms with E-state index in [9.17, 15) is 14.3 Å². The van der Waals surface area contributed by atoms with Crippen molar-refractivity contribution in [2.24, 2.45) is 0 Å². The molecule has 3 aromatic rings. The largest absolute Gasteiger partial charge is 0.453 e. The number of halogens is 1. The van der Waals surface area contributed by atoms with Crippen LogP contribution in [0.15, 0.2) is 30.7 Å². The Hall–Kier alpha value is -3.80. The number of hydrogen-bond donors (Lipinski definition) is 2. The molecule has 0 saturated carbocycles. The lowest BCUT2D eigenvalue weighted by atomic mass is 9.94. The van der Waals surface area contributed by atoms with Crippen LogP contribution in [0, 0.1) is 0 Å². The van der Waals surface area contributed by atoms with Crippen molar-refractivity contribution in [2.75, 3.05) is 55.1 Å². The van der Waals surface area contributed by atoms with Gasteiger partial charge in [-0.25, -0.2) is 24.1 Å². The molecule has 2 fully saturated rings. The van der Waals surface area contributed by atoms with E-state index in [0.29, 0.717) is 43.8 Å². The molecule has 39 heavy (non-hydrogen) atoms. The van der Waals surface area contributed by atoms with Gasteiger partial charge in [-0.15, -0.1) is 0 Å². The molecule has 0 bridgehead atoms. The predicted molar refractivity (Wildman–Crippen MR) is 147 cm³/mol. The number of pyridine rings is 2. The van der Waals surface area contributed by atoms with Gasteiger partial charge in [0.1, 0.15) is 17.5 Å². The van der Waals surface area contributed by atoms with E-state index in [1.807, 2.05) is 12.3 Å². The summed E-state index contributed by atoms with van der Waals surface area (Å²) in [6, 6.07) is 3.72. The number of fused-ring (bicyclic) bond motifs is 1. The van der Waals surface area contributed by atoms with Crippen molar-refractivity contribution in [3.05, 3.63) is 36.3 Å². The van der Waals surface area contributed by atoms with Crippen LogP contribution in [0.25, 0.3) is 10.8 Å². The van der Waals surface area contributed by atoms with Crippen molar-refractivity contribution in [3.63, 3.8) is 0 Å². The molecule has 208 valence electrons. The number of carbonyl (C=O) groups excluding carboxylic acids is 1. The van der Waals surface area contributed by atoms with Crippen molar-refractivity contribution in [3.8, 4) is 0 Å². The fourth-order valence-electron chi connectivity index (χ4n) is 5.18. The van der Waals surface area contributed by atoms with Gasteiger partial charge in [0.25, 0.3) is 0 Å². The first-order valence-electron chi connectivity index (χ1n) is 13.2. The Morgan fingerprint density at radius 2 is 1.97 bits per heavy atom. The SMILES string of the molecule is COC(=O)N1CCCN(c2ncc(C(C)C)c3cc(Nc4ccnc(N5CC[C@@H](O)[C@@](C)(F)C5)n4)ncc23)C1. The molecule has 0 spiro atoms. The highest BCUT2D eigenvalue weighted by Crippen LogP contribution is 2.34. The smallest absolute Gasteiger partial charge is 0.410 e. The summed E-state index contributed by atoms with van der Waals surface area (Å²) in [6.07, 6.45) is 5.08. The van der Waals surface area contributed by atoms with Gasteiger partial charge >= 0.3 is 6.09 Å². The third kappa shape index (κ3) is 5.51. The summed E-state index contributed by atoms with van der Waals surface area (Å²) in [5, 5.41) is 15.1. The molecular formula is C27H35FN8O3. The molecule has 2 saturated heterocycles. The van der Waals surface area contributed by atoms with Crippen LogP contribution >= 0.6 is 0 Å². The standard InChI is InChI=1S/C27H35FN8O3/c1-17(2)19-13-31-24(35-9-5-10-36(16-35)26(38)39-4)20-14-30-23(12-18(19)20)32-22-6-8-29-25(33-22)34-11-7-21(37)27(3,28)15-34/h6,8,12-14,17,21,37H,5,7,9-11,15-16H2,1-4H3,(H,29,30,32,33)/t21-,27+/m1/s1. The van der Waals surface area contributed by atoms with Crippen molar-refractivity contribution in [1.82, 2.24) is 24.8 Å². The van der Waals surface area contributed by atoms with Crippen LogP contribution in [0.3, 0.4) is 0 Å². The Morgan fingerprint density at radius 3 is 2.72 bits per heavy atom. The highest BCUT2D eigenvalue weighted by atomic mass is 19.1. The number of anilines is 4. The van der Waals surface area contributed by atoms with E-state index in [-0.39, 0.29) is 18.6 Å². The van der Waals surface area contributed by atoms with Crippen LogP contribution in [-0.2, 0) is 4.74 Å². The summed E-state index contributed by atoms with van der Waals surface area (Å²) < 4.78 is 19.7. The zero-order valence-electron chi connectivity index (χ0n) is 22.8. The molecule has 2 aliphatic rings. The summed E-state index contributed by atoms with van der Waals surface area (Å²) in [5.41, 5.74) is -0.648. The number of nitrogens with zero attached hydrogens (tertiary/aromatic N) is 7. The van der Waals surface area contributed by atoms with Gasteiger partial charge in [0, 0.05) is 43.6 Å². The van der Waals surface area contributed by atoms with E-state index >= 15 is 0 Å². The molecule has 0 aromatic carbocycles. The Kier molecular flexibility index (Phi) is 7.39. The van der Waals surface area contributed by atoms with Gasteiger partial charge in [-0.1, -0.05) is 13.8 Å². The third-order valence-electron chi connectivity index (χ3n) is 7.38. The molecule has 2 N–H and O–H groups in total. The molecule has 0 unspecified atom stereocenters. The maximum Gasteiger partial charge on any atom is 0.410 e. The number of nitrogens with one attached hydrogen (secondary N) is 1. The quantitative estimate of drug-likeness (QED) is 0.496. The lowest BCUT2D eigenvalue weighted by Crippen LogP contribution is -2.52. The van der Waals surface area contributed by atoms with Gasteiger partial charge in [-0.2, -0.15) is 4.98 Å². The zero-order valence-corrected chi connectivity index (χ0v) is 22.8. The molecule has 0 radical (unpaired) electrons. The monoisotopic (exact) mass is 538 g/mol. The summed E-state index contributed by atoms with van der Waals surface area (Å²) >= 11 is 0. The second kappa shape index (κ2) is 10.8. The summed E-state index contributed by atoms with van der Waals surface area (Å²) in [7, 11) is 1.39. The molecule has 2 atom stereocenters. The van der Waals surface area contributed by atoms with Crippen molar-refractivity contribution in [1.29, 1.82) is 0 Å². The average molecular weight is 539 g/mol. The summed E-state index contributed by atoms with van der Waals surface area (Å²) in [5.74, 6) is 2.53. The molecule has 5 heterocycles. The average Bonchev–Trinajstić information content (AvgIpc) is 2.93. The van der Waals surface area contributed by atoms with Crippen molar-refractivity contribution in [2.45, 2.75) is 51.3 Å².